The van der Waals surface area contributed by atoms with Crippen molar-refractivity contribution in [2.24, 2.45) is 0 Å². The number of pyridine rings is 1. The summed E-state index contributed by atoms with van der Waals surface area (Å²) in [5.74, 6) is 0.541. The lowest BCUT2D eigenvalue weighted by Gasteiger charge is -2.19. The van der Waals surface area contributed by atoms with E-state index in [0.29, 0.717) is 5.92 Å². The van der Waals surface area contributed by atoms with Crippen LogP contribution in [0.4, 0.5) is 5.69 Å². The Bertz CT molecular complexity index is 885. The number of hydrogen-bond donors (Lipinski definition) is 0. The molecule has 1 aliphatic heterocycles. The van der Waals surface area contributed by atoms with Crippen molar-refractivity contribution in [3.8, 4) is 6.07 Å². The van der Waals surface area contributed by atoms with E-state index in [2.05, 4.69) is 48.4 Å². The van der Waals surface area contributed by atoms with E-state index in [1.54, 1.807) is 0 Å². The lowest BCUT2D eigenvalue weighted by atomic mass is 10.0. The highest BCUT2D eigenvalue weighted by Gasteiger charge is 2.26. The summed E-state index contributed by atoms with van der Waals surface area (Å²) in [6.07, 6.45) is 4.08. The van der Waals surface area contributed by atoms with Crippen LogP contribution >= 0.6 is 0 Å². The highest BCUT2D eigenvalue weighted by Crippen LogP contribution is 2.37. The zero-order chi connectivity index (χ0) is 15.1. The van der Waals surface area contributed by atoms with Crippen molar-refractivity contribution in [3.63, 3.8) is 0 Å². The van der Waals surface area contributed by atoms with Gasteiger partial charge in [0.15, 0.2) is 0 Å². The third-order valence-electron chi connectivity index (χ3n) is 4.54. The molecule has 1 unspecified atom stereocenters. The minimum atomic E-state index is 0.541. The van der Waals surface area contributed by atoms with Gasteiger partial charge in [-0.1, -0.05) is 31.2 Å². The molecule has 0 amide bonds. The van der Waals surface area contributed by atoms with Gasteiger partial charge >= 0.3 is 0 Å². The van der Waals surface area contributed by atoms with E-state index in [4.69, 9.17) is 0 Å². The van der Waals surface area contributed by atoms with Gasteiger partial charge in [0.05, 0.1) is 11.1 Å². The molecule has 0 spiro atoms. The molecule has 3 aromatic rings. The van der Waals surface area contributed by atoms with Gasteiger partial charge in [0.1, 0.15) is 6.07 Å². The van der Waals surface area contributed by atoms with E-state index < -0.39 is 0 Å². The van der Waals surface area contributed by atoms with Gasteiger partial charge in [-0.15, -0.1) is 0 Å². The molecular weight excluding hydrogens is 270 g/mol. The standard InChI is InChI=1S/C19H17N3/c1-14-11-22(18-7-3-2-6-16(14)18)13-15-12-21-9-5-4-8-19(21)17(15)10-20/h2-9,12,14H,11,13H2,1H3. The number of hydrogen-bond acceptors (Lipinski definition) is 2. The predicted octanol–water partition coefficient (Wildman–Crippen LogP) is 3.93. The molecule has 0 bridgehead atoms. The molecule has 0 aliphatic carbocycles. The summed E-state index contributed by atoms with van der Waals surface area (Å²) in [4.78, 5) is 2.38. The minimum Gasteiger partial charge on any atom is -0.366 e. The molecule has 3 heteroatoms. The van der Waals surface area contributed by atoms with E-state index in [0.717, 1.165) is 29.7 Å². The van der Waals surface area contributed by atoms with Crippen LogP contribution in [0.15, 0.2) is 54.9 Å². The summed E-state index contributed by atoms with van der Waals surface area (Å²) in [5, 5.41) is 9.54. The number of nitriles is 1. The second-order valence-electron chi connectivity index (χ2n) is 5.97. The molecule has 0 radical (unpaired) electrons. The number of aromatic nitrogens is 1. The Morgan fingerprint density at radius 2 is 2.00 bits per heavy atom. The quantitative estimate of drug-likeness (QED) is 0.715. The average molecular weight is 287 g/mol. The van der Waals surface area contributed by atoms with E-state index in [1.807, 2.05) is 28.8 Å². The lowest BCUT2D eigenvalue weighted by molar-refractivity contribution is 0.745. The van der Waals surface area contributed by atoms with Crippen molar-refractivity contribution in [2.45, 2.75) is 19.4 Å². The Balaban J connectivity index is 1.75. The van der Waals surface area contributed by atoms with Crippen LogP contribution < -0.4 is 4.90 Å². The first-order chi connectivity index (χ1) is 10.8. The van der Waals surface area contributed by atoms with Crippen molar-refractivity contribution in [1.82, 2.24) is 4.40 Å². The lowest BCUT2D eigenvalue weighted by Crippen LogP contribution is -2.20. The van der Waals surface area contributed by atoms with E-state index in [-0.39, 0.29) is 0 Å². The van der Waals surface area contributed by atoms with Crippen molar-refractivity contribution in [1.29, 1.82) is 5.26 Å². The molecule has 22 heavy (non-hydrogen) atoms. The molecular formula is C19H17N3. The molecule has 1 aromatic carbocycles. The first-order valence-electron chi connectivity index (χ1n) is 7.60. The molecule has 1 atom stereocenters. The number of rotatable bonds is 2. The molecule has 0 fully saturated rings. The SMILES string of the molecule is CC1CN(Cc2cn3ccccc3c2C#N)c2ccccc21. The van der Waals surface area contributed by atoms with Crippen LogP contribution in [0.5, 0.6) is 0 Å². The smallest absolute Gasteiger partial charge is 0.102 e. The summed E-state index contributed by atoms with van der Waals surface area (Å²) >= 11 is 0. The van der Waals surface area contributed by atoms with Crippen molar-refractivity contribution < 1.29 is 0 Å². The summed E-state index contributed by atoms with van der Waals surface area (Å²) in [7, 11) is 0. The molecule has 0 saturated heterocycles. The molecule has 4 rings (SSSR count). The second kappa shape index (κ2) is 4.92. The van der Waals surface area contributed by atoms with Crippen LogP contribution in [0.3, 0.4) is 0 Å². The maximum absolute atomic E-state index is 9.54. The molecule has 0 N–H and O–H groups in total. The minimum absolute atomic E-state index is 0.541. The third-order valence-corrected chi connectivity index (χ3v) is 4.54. The van der Waals surface area contributed by atoms with Crippen LogP contribution in [-0.4, -0.2) is 10.9 Å². The Labute approximate surface area is 130 Å². The van der Waals surface area contributed by atoms with Gasteiger partial charge in [0, 0.05) is 42.7 Å². The fourth-order valence-electron chi connectivity index (χ4n) is 3.50. The first kappa shape index (κ1) is 13.0. The number of anilines is 1. The number of benzene rings is 1. The van der Waals surface area contributed by atoms with Gasteiger partial charge in [-0.05, 0) is 23.8 Å². The highest BCUT2D eigenvalue weighted by molar-refractivity contribution is 5.67. The summed E-state index contributed by atoms with van der Waals surface area (Å²) in [5.41, 5.74) is 5.58. The topological polar surface area (TPSA) is 31.4 Å². The largest absolute Gasteiger partial charge is 0.366 e. The maximum atomic E-state index is 9.54. The zero-order valence-corrected chi connectivity index (χ0v) is 12.5. The molecule has 108 valence electrons. The van der Waals surface area contributed by atoms with Crippen LogP contribution in [0, 0.1) is 11.3 Å². The van der Waals surface area contributed by atoms with Gasteiger partial charge in [0.2, 0.25) is 0 Å². The van der Waals surface area contributed by atoms with Gasteiger partial charge in [-0.3, -0.25) is 0 Å². The van der Waals surface area contributed by atoms with Gasteiger partial charge in [-0.25, -0.2) is 0 Å². The fraction of sp³-hybridized carbons (Fsp3) is 0.211. The number of fused-ring (bicyclic) bond motifs is 2. The van der Waals surface area contributed by atoms with E-state index in [1.165, 1.54) is 11.3 Å². The third kappa shape index (κ3) is 1.88. The Kier molecular flexibility index (Phi) is 2.90. The highest BCUT2D eigenvalue weighted by atomic mass is 15.2. The summed E-state index contributed by atoms with van der Waals surface area (Å²) in [6, 6.07) is 16.9. The Hall–Kier alpha value is -2.73. The summed E-state index contributed by atoms with van der Waals surface area (Å²) < 4.78 is 2.04. The van der Waals surface area contributed by atoms with Crippen LogP contribution in [0.2, 0.25) is 0 Å². The Morgan fingerprint density at radius 1 is 1.18 bits per heavy atom. The molecule has 3 heterocycles. The maximum Gasteiger partial charge on any atom is 0.102 e. The molecule has 0 saturated carbocycles. The van der Waals surface area contributed by atoms with Crippen molar-refractivity contribution in [3.05, 3.63) is 71.5 Å². The van der Waals surface area contributed by atoms with Crippen LogP contribution in [0.25, 0.3) is 5.52 Å². The normalized spacial score (nSPS) is 16.7. The monoisotopic (exact) mass is 287 g/mol. The second-order valence-corrected chi connectivity index (χ2v) is 5.97. The Morgan fingerprint density at radius 3 is 2.86 bits per heavy atom. The predicted molar refractivity (Wildman–Crippen MR) is 88.0 cm³/mol. The number of nitrogens with zero attached hydrogens (tertiary/aromatic N) is 3. The van der Waals surface area contributed by atoms with Crippen molar-refractivity contribution >= 4 is 11.2 Å². The average Bonchev–Trinajstić information content (AvgIpc) is 3.06. The molecule has 2 aromatic heterocycles. The number of para-hydroxylation sites is 1. The zero-order valence-electron chi connectivity index (χ0n) is 12.5. The molecule has 1 aliphatic rings. The van der Waals surface area contributed by atoms with Gasteiger partial charge in [0.25, 0.3) is 0 Å². The first-order valence-corrected chi connectivity index (χ1v) is 7.60. The van der Waals surface area contributed by atoms with Crippen molar-refractivity contribution in [2.75, 3.05) is 11.4 Å². The summed E-state index contributed by atoms with van der Waals surface area (Å²) in [6.45, 7) is 4.06. The van der Waals surface area contributed by atoms with E-state index in [9.17, 15) is 5.26 Å². The van der Waals surface area contributed by atoms with E-state index >= 15 is 0 Å². The van der Waals surface area contributed by atoms with Crippen LogP contribution in [-0.2, 0) is 6.54 Å². The van der Waals surface area contributed by atoms with Crippen LogP contribution in [0.1, 0.15) is 29.5 Å². The fourth-order valence-corrected chi connectivity index (χ4v) is 3.50. The van der Waals surface area contributed by atoms with Gasteiger partial charge < -0.3 is 9.30 Å². The molecule has 3 nitrogen and oxygen atoms in total. The van der Waals surface area contributed by atoms with Gasteiger partial charge in [-0.2, -0.15) is 5.26 Å².